The van der Waals surface area contributed by atoms with E-state index in [1.807, 2.05) is 18.2 Å². The summed E-state index contributed by atoms with van der Waals surface area (Å²) in [6.45, 7) is 0.780. The second-order valence-corrected chi connectivity index (χ2v) is 7.82. The number of hydrogen-bond acceptors (Lipinski definition) is 6. The Kier molecular flexibility index (Phi) is 6.24. The van der Waals surface area contributed by atoms with Gasteiger partial charge < -0.3 is 15.0 Å². The number of aromatic nitrogens is 4. The van der Waals surface area contributed by atoms with Crippen LogP contribution >= 0.6 is 46.0 Å². The Morgan fingerprint density at radius 1 is 1.32 bits per heavy atom. The van der Waals surface area contributed by atoms with E-state index < -0.39 is 0 Å². The highest BCUT2D eigenvalue weighted by Crippen LogP contribution is 2.35. The molecule has 0 saturated heterocycles. The summed E-state index contributed by atoms with van der Waals surface area (Å²) >= 11 is 9.70. The van der Waals surface area contributed by atoms with E-state index in [1.165, 1.54) is 6.33 Å². The van der Waals surface area contributed by atoms with Crippen LogP contribution in [-0.2, 0) is 6.54 Å². The average Bonchev–Trinajstić information content (AvgIpc) is 2.96. The molecular weight excluding hydrogens is 473 g/mol. The third-order valence-corrected chi connectivity index (χ3v) is 6.26. The van der Waals surface area contributed by atoms with Crippen LogP contribution < -0.4 is 10.5 Å². The summed E-state index contributed by atoms with van der Waals surface area (Å²) in [6.07, 6.45) is 3.35. The lowest BCUT2D eigenvalue weighted by atomic mass is 10.3. The van der Waals surface area contributed by atoms with Crippen LogP contribution in [0.25, 0.3) is 11.2 Å². The van der Waals surface area contributed by atoms with Gasteiger partial charge in [0.25, 0.3) is 0 Å². The highest BCUT2D eigenvalue weighted by molar-refractivity contribution is 14.1. The zero-order chi connectivity index (χ0) is 17.8. The maximum atomic E-state index is 5.98. The minimum absolute atomic E-state index is 0.392. The molecule has 0 amide bonds. The maximum absolute atomic E-state index is 5.98. The largest absolute Gasteiger partial charge is 0.497 e. The third kappa shape index (κ3) is 4.12. The Morgan fingerprint density at radius 3 is 2.92 bits per heavy atom. The molecule has 0 bridgehead atoms. The molecule has 1 aromatic carbocycles. The molecule has 9 heteroatoms. The third-order valence-electron chi connectivity index (χ3n) is 3.63. The normalized spacial score (nSPS) is 11.2. The SMILES string of the molecule is COc1ccc(I)c(Sc2nc3c(N)ncnc3n2CCCCCl)c1. The molecule has 0 saturated carbocycles. The molecule has 2 N–H and O–H groups in total. The molecular formula is C16H17ClIN5OS. The van der Waals surface area contributed by atoms with Gasteiger partial charge in [-0.3, -0.25) is 0 Å². The Morgan fingerprint density at radius 2 is 2.16 bits per heavy atom. The van der Waals surface area contributed by atoms with E-state index in [1.54, 1.807) is 18.9 Å². The fourth-order valence-electron chi connectivity index (χ4n) is 2.37. The second kappa shape index (κ2) is 8.41. The molecule has 2 aromatic heterocycles. The van der Waals surface area contributed by atoms with Gasteiger partial charge in [-0.05, 0) is 53.6 Å². The number of fused-ring (bicyclic) bond motifs is 1. The predicted octanol–water partition coefficient (Wildman–Crippen LogP) is 4.19. The van der Waals surface area contributed by atoms with Gasteiger partial charge in [-0.1, -0.05) is 11.8 Å². The van der Waals surface area contributed by atoms with Crippen LogP contribution in [0.2, 0.25) is 0 Å². The molecule has 0 aliphatic carbocycles. The first kappa shape index (κ1) is 18.5. The zero-order valence-corrected chi connectivity index (χ0v) is 17.3. The van der Waals surface area contributed by atoms with E-state index in [2.05, 4.69) is 42.1 Å². The molecule has 3 aromatic rings. The first-order valence-electron chi connectivity index (χ1n) is 7.68. The van der Waals surface area contributed by atoms with E-state index in [0.29, 0.717) is 17.2 Å². The molecule has 0 spiro atoms. The summed E-state index contributed by atoms with van der Waals surface area (Å²) in [5.41, 5.74) is 7.37. The minimum Gasteiger partial charge on any atom is -0.497 e. The number of nitrogens with zero attached hydrogens (tertiary/aromatic N) is 4. The Hall–Kier alpha value is -1.26. The number of nitrogens with two attached hydrogens (primary N) is 1. The number of hydrogen-bond donors (Lipinski definition) is 1. The summed E-state index contributed by atoms with van der Waals surface area (Å²) < 4.78 is 8.54. The lowest BCUT2D eigenvalue weighted by Crippen LogP contribution is -2.02. The van der Waals surface area contributed by atoms with Crippen LogP contribution in [0.1, 0.15) is 12.8 Å². The van der Waals surface area contributed by atoms with Gasteiger partial charge in [0.1, 0.15) is 12.1 Å². The lowest BCUT2D eigenvalue weighted by molar-refractivity contribution is 0.413. The van der Waals surface area contributed by atoms with Crippen LogP contribution in [0.5, 0.6) is 5.75 Å². The number of rotatable bonds is 7. The first-order chi connectivity index (χ1) is 12.1. The van der Waals surface area contributed by atoms with Gasteiger partial charge in [-0.15, -0.1) is 11.6 Å². The van der Waals surface area contributed by atoms with E-state index in [9.17, 15) is 0 Å². The van der Waals surface area contributed by atoms with Crippen molar-refractivity contribution in [2.75, 3.05) is 18.7 Å². The monoisotopic (exact) mass is 489 g/mol. The van der Waals surface area contributed by atoms with Gasteiger partial charge >= 0.3 is 0 Å². The van der Waals surface area contributed by atoms with Gasteiger partial charge in [0.05, 0.1) is 7.11 Å². The van der Waals surface area contributed by atoms with Crippen molar-refractivity contribution >= 4 is 62.9 Å². The number of anilines is 1. The average molecular weight is 490 g/mol. The smallest absolute Gasteiger partial charge is 0.175 e. The molecule has 0 unspecified atom stereocenters. The van der Waals surface area contributed by atoms with Crippen molar-refractivity contribution < 1.29 is 4.74 Å². The first-order valence-corrected chi connectivity index (χ1v) is 10.1. The topological polar surface area (TPSA) is 78.8 Å². The zero-order valence-electron chi connectivity index (χ0n) is 13.6. The fraction of sp³-hybridized carbons (Fsp3) is 0.312. The molecule has 0 aliphatic heterocycles. The molecule has 0 fully saturated rings. The number of halogens is 2. The Balaban J connectivity index is 2.02. The molecule has 25 heavy (non-hydrogen) atoms. The number of alkyl halides is 1. The van der Waals surface area contributed by atoms with Crippen molar-refractivity contribution in [1.29, 1.82) is 0 Å². The fourth-order valence-corrected chi connectivity index (χ4v) is 4.18. The summed E-state index contributed by atoms with van der Waals surface area (Å²) in [5, 5.41) is 0.836. The van der Waals surface area contributed by atoms with Crippen molar-refractivity contribution in [3.8, 4) is 5.75 Å². The summed E-state index contributed by atoms with van der Waals surface area (Å²) in [7, 11) is 1.66. The van der Waals surface area contributed by atoms with Gasteiger partial charge in [0, 0.05) is 20.9 Å². The number of benzene rings is 1. The van der Waals surface area contributed by atoms with Crippen molar-refractivity contribution in [3.63, 3.8) is 0 Å². The number of imidazole rings is 1. The summed E-state index contributed by atoms with van der Waals surface area (Å²) in [5.74, 6) is 1.84. The number of nitrogen functional groups attached to an aromatic ring is 1. The van der Waals surface area contributed by atoms with Crippen LogP contribution in [0.3, 0.4) is 0 Å². The van der Waals surface area contributed by atoms with Crippen LogP contribution in [0, 0.1) is 3.57 Å². The molecule has 0 aliphatic rings. The standard InChI is InChI=1S/C16H17ClIN5OS/c1-24-10-4-5-11(18)12(8-10)25-16-22-13-14(19)20-9-21-15(13)23(16)7-3-2-6-17/h4-5,8-9H,2-3,6-7H2,1H3,(H2,19,20,21). The Bertz CT molecular complexity index is 888. The van der Waals surface area contributed by atoms with E-state index in [0.717, 1.165) is 44.4 Å². The van der Waals surface area contributed by atoms with Crippen molar-refractivity contribution in [1.82, 2.24) is 19.5 Å². The quantitative estimate of drug-likeness (QED) is 0.305. The highest BCUT2D eigenvalue weighted by atomic mass is 127. The second-order valence-electron chi connectivity index (χ2n) is 5.27. The van der Waals surface area contributed by atoms with Gasteiger partial charge in [-0.2, -0.15) is 0 Å². The van der Waals surface area contributed by atoms with E-state index >= 15 is 0 Å². The molecule has 0 atom stereocenters. The number of methoxy groups -OCH3 is 1. The van der Waals surface area contributed by atoms with Crippen molar-refractivity contribution in [2.45, 2.75) is 29.4 Å². The van der Waals surface area contributed by atoms with Crippen LogP contribution in [0.15, 0.2) is 34.6 Å². The number of aryl methyl sites for hydroxylation is 1. The van der Waals surface area contributed by atoms with Crippen molar-refractivity contribution in [2.24, 2.45) is 0 Å². The highest BCUT2D eigenvalue weighted by Gasteiger charge is 2.17. The van der Waals surface area contributed by atoms with Crippen LogP contribution in [0.4, 0.5) is 5.82 Å². The molecule has 0 radical (unpaired) electrons. The van der Waals surface area contributed by atoms with Crippen molar-refractivity contribution in [3.05, 3.63) is 28.1 Å². The van der Waals surface area contributed by atoms with Crippen LogP contribution in [-0.4, -0.2) is 32.5 Å². The predicted molar refractivity (Wildman–Crippen MR) is 110 cm³/mol. The van der Waals surface area contributed by atoms with Gasteiger partial charge in [0.15, 0.2) is 22.1 Å². The maximum Gasteiger partial charge on any atom is 0.175 e. The Labute approximate surface area is 168 Å². The number of ether oxygens (including phenoxy) is 1. The van der Waals surface area contributed by atoms with E-state index in [4.69, 9.17) is 22.1 Å². The molecule has 2 heterocycles. The molecule has 132 valence electrons. The molecule has 3 rings (SSSR count). The number of unbranched alkanes of at least 4 members (excludes halogenated alkanes) is 1. The molecule has 6 nitrogen and oxygen atoms in total. The van der Waals surface area contributed by atoms with Gasteiger partial charge in [-0.25, -0.2) is 15.0 Å². The van der Waals surface area contributed by atoms with E-state index in [-0.39, 0.29) is 0 Å². The minimum atomic E-state index is 0.392. The summed E-state index contributed by atoms with van der Waals surface area (Å²) in [4.78, 5) is 14.2. The lowest BCUT2D eigenvalue weighted by Gasteiger charge is -2.09. The van der Waals surface area contributed by atoms with Gasteiger partial charge in [0.2, 0.25) is 0 Å². The summed E-state index contributed by atoms with van der Waals surface area (Å²) in [6, 6.07) is 5.97.